The van der Waals surface area contributed by atoms with Crippen LogP contribution in [0.3, 0.4) is 0 Å². The molecule has 0 amide bonds. The molecule has 0 bridgehead atoms. The molecule has 3 atom stereocenters. The zero-order valence-corrected chi connectivity index (χ0v) is 11.9. The van der Waals surface area contributed by atoms with E-state index in [4.69, 9.17) is 4.74 Å². The van der Waals surface area contributed by atoms with Gasteiger partial charge in [-0.05, 0) is 64.3 Å². The maximum absolute atomic E-state index is 6.50. The second kappa shape index (κ2) is 5.50. The first-order valence-corrected chi connectivity index (χ1v) is 8.15. The average molecular weight is 251 g/mol. The van der Waals surface area contributed by atoms with Gasteiger partial charge in [0.1, 0.15) is 0 Å². The molecular weight excluding hydrogens is 222 g/mol. The number of rotatable bonds is 3. The van der Waals surface area contributed by atoms with E-state index in [1.165, 1.54) is 70.6 Å². The predicted molar refractivity (Wildman–Crippen MR) is 74.7 cm³/mol. The van der Waals surface area contributed by atoms with Crippen LogP contribution in [0, 0.1) is 5.92 Å². The van der Waals surface area contributed by atoms with E-state index in [1.807, 2.05) is 0 Å². The molecule has 1 N–H and O–H groups in total. The predicted octanol–water partition coefficient (Wildman–Crippen LogP) is 3.65. The van der Waals surface area contributed by atoms with Gasteiger partial charge in [0.15, 0.2) is 0 Å². The fourth-order valence-electron chi connectivity index (χ4n) is 4.55. The molecule has 3 unspecified atom stereocenters. The molecule has 0 radical (unpaired) electrons. The standard InChI is InChI=1S/C16H29NO/c1-17-14-6-5-13(11-14)12-15-7-10-16(18-15)8-3-2-4-9-16/h13-15,17H,2-12H2,1H3. The van der Waals surface area contributed by atoms with Crippen LogP contribution in [-0.2, 0) is 4.74 Å². The first-order chi connectivity index (χ1) is 8.80. The van der Waals surface area contributed by atoms with Crippen molar-refractivity contribution < 1.29 is 4.74 Å². The van der Waals surface area contributed by atoms with Crippen molar-refractivity contribution in [2.24, 2.45) is 5.92 Å². The van der Waals surface area contributed by atoms with E-state index < -0.39 is 0 Å². The Morgan fingerprint density at radius 2 is 1.89 bits per heavy atom. The van der Waals surface area contributed by atoms with E-state index in [0.29, 0.717) is 11.7 Å². The van der Waals surface area contributed by atoms with Gasteiger partial charge in [-0.1, -0.05) is 19.3 Å². The van der Waals surface area contributed by atoms with E-state index >= 15 is 0 Å². The summed E-state index contributed by atoms with van der Waals surface area (Å²) in [6.45, 7) is 0. The summed E-state index contributed by atoms with van der Waals surface area (Å²) in [6.07, 6.45) is 15.7. The van der Waals surface area contributed by atoms with Crippen molar-refractivity contribution in [3.63, 3.8) is 0 Å². The minimum absolute atomic E-state index is 0.323. The topological polar surface area (TPSA) is 21.3 Å². The summed E-state index contributed by atoms with van der Waals surface area (Å²) in [5, 5.41) is 3.43. The largest absolute Gasteiger partial charge is 0.372 e. The Labute approximate surface area is 112 Å². The molecule has 2 heteroatoms. The molecule has 0 aromatic rings. The molecule has 1 saturated heterocycles. The summed E-state index contributed by atoms with van der Waals surface area (Å²) in [7, 11) is 2.11. The van der Waals surface area contributed by atoms with Gasteiger partial charge < -0.3 is 10.1 Å². The van der Waals surface area contributed by atoms with E-state index in [1.54, 1.807) is 0 Å². The first-order valence-electron chi connectivity index (χ1n) is 8.15. The molecule has 0 aromatic heterocycles. The lowest BCUT2D eigenvalue weighted by atomic mass is 9.83. The van der Waals surface area contributed by atoms with Crippen LogP contribution in [0.15, 0.2) is 0 Å². The highest BCUT2D eigenvalue weighted by atomic mass is 16.5. The van der Waals surface area contributed by atoms with Gasteiger partial charge in [-0.3, -0.25) is 0 Å². The molecule has 3 aliphatic rings. The fraction of sp³-hybridized carbons (Fsp3) is 1.00. The zero-order valence-electron chi connectivity index (χ0n) is 11.9. The molecule has 1 heterocycles. The fourth-order valence-corrected chi connectivity index (χ4v) is 4.55. The minimum atomic E-state index is 0.323. The molecule has 1 aliphatic heterocycles. The summed E-state index contributed by atoms with van der Waals surface area (Å²) in [4.78, 5) is 0. The van der Waals surface area contributed by atoms with Gasteiger partial charge in [-0.15, -0.1) is 0 Å². The summed E-state index contributed by atoms with van der Waals surface area (Å²) < 4.78 is 6.50. The lowest BCUT2D eigenvalue weighted by Gasteiger charge is -2.33. The number of nitrogens with one attached hydrogen (secondary N) is 1. The maximum atomic E-state index is 6.50. The van der Waals surface area contributed by atoms with Crippen molar-refractivity contribution in [3.8, 4) is 0 Å². The van der Waals surface area contributed by atoms with Crippen LogP contribution < -0.4 is 5.32 Å². The third-order valence-electron chi connectivity index (χ3n) is 5.65. The normalized spacial score (nSPS) is 39.5. The van der Waals surface area contributed by atoms with Gasteiger partial charge in [-0.25, -0.2) is 0 Å². The number of hydrogen-bond donors (Lipinski definition) is 1. The quantitative estimate of drug-likeness (QED) is 0.826. The molecule has 2 saturated carbocycles. The third-order valence-corrected chi connectivity index (χ3v) is 5.65. The molecule has 1 spiro atoms. The maximum Gasteiger partial charge on any atom is 0.0687 e. The highest BCUT2D eigenvalue weighted by Gasteiger charge is 2.41. The van der Waals surface area contributed by atoms with Crippen molar-refractivity contribution in [3.05, 3.63) is 0 Å². The average Bonchev–Trinajstić information content (AvgIpc) is 2.99. The minimum Gasteiger partial charge on any atom is -0.372 e. The zero-order chi connectivity index (χ0) is 12.4. The number of hydrogen-bond acceptors (Lipinski definition) is 2. The molecule has 3 fully saturated rings. The van der Waals surface area contributed by atoms with Crippen molar-refractivity contribution in [1.29, 1.82) is 0 Å². The van der Waals surface area contributed by atoms with Crippen LogP contribution in [0.2, 0.25) is 0 Å². The highest BCUT2D eigenvalue weighted by molar-refractivity contribution is 4.92. The lowest BCUT2D eigenvalue weighted by molar-refractivity contribution is -0.0696. The Morgan fingerprint density at radius 3 is 2.61 bits per heavy atom. The van der Waals surface area contributed by atoms with E-state index in [9.17, 15) is 0 Å². The van der Waals surface area contributed by atoms with Crippen molar-refractivity contribution in [2.75, 3.05) is 7.05 Å². The van der Waals surface area contributed by atoms with Crippen molar-refractivity contribution in [1.82, 2.24) is 5.32 Å². The van der Waals surface area contributed by atoms with Gasteiger partial charge in [0.25, 0.3) is 0 Å². The van der Waals surface area contributed by atoms with Gasteiger partial charge >= 0.3 is 0 Å². The Kier molecular flexibility index (Phi) is 3.95. The van der Waals surface area contributed by atoms with Crippen LogP contribution in [-0.4, -0.2) is 24.8 Å². The second-order valence-electron chi connectivity index (χ2n) is 6.92. The molecule has 2 nitrogen and oxygen atoms in total. The lowest BCUT2D eigenvalue weighted by Crippen LogP contribution is -2.32. The van der Waals surface area contributed by atoms with Gasteiger partial charge in [0, 0.05) is 6.04 Å². The summed E-state index contributed by atoms with van der Waals surface area (Å²) in [5.41, 5.74) is 0.323. The molecule has 104 valence electrons. The Hall–Kier alpha value is -0.0800. The molecule has 2 aliphatic carbocycles. The Bertz CT molecular complexity index is 272. The van der Waals surface area contributed by atoms with Gasteiger partial charge in [0.05, 0.1) is 11.7 Å². The van der Waals surface area contributed by atoms with E-state index in [2.05, 4.69) is 12.4 Å². The van der Waals surface area contributed by atoms with Gasteiger partial charge in [0.2, 0.25) is 0 Å². The van der Waals surface area contributed by atoms with Crippen LogP contribution in [0.25, 0.3) is 0 Å². The molecule has 3 rings (SSSR count). The molecular formula is C16H29NO. The van der Waals surface area contributed by atoms with E-state index in [-0.39, 0.29) is 0 Å². The van der Waals surface area contributed by atoms with Crippen molar-refractivity contribution >= 4 is 0 Å². The number of ether oxygens (including phenoxy) is 1. The smallest absolute Gasteiger partial charge is 0.0687 e. The van der Waals surface area contributed by atoms with Gasteiger partial charge in [-0.2, -0.15) is 0 Å². The van der Waals surface area contributed by atoms with Crippen molar-refractivity contribution in [2.45, 2.75) is 88.4 Å². The second-order valence-corrected chi connectivity index (χ2v) is 6.92. The monoisotopic (exact) mass is 251 g/mol. The Balaban J connectivity index is 1.47. The molecule has 18 heavy (non-hydrogen) atoms. The summed E-state index contributed by atoms with van der Waals surface area (Å²) in [5.74, 6) is 0.922. The summed E-state index contributed by atoms with van der Waals surface area (Å²) in [6, 6.07) is 0.778. The summed E-state index contributed by atoms with van der Waals surface area (Å²) >= 11 is 0. The first kappa shape index (κ1) is 12.9. The van der Waals surface area contributed by atoms with Crippen LogP contribution in [0.5, 0.6) is 0 Å². The van der Waals surface area contributed by atoms with Crippen LogP contribution in [0.1, 0.15) is 70.6 Å². The Morgan fingerprint density at radius 1 is 1.06 bits per heavy atom. The molecule has 0 aromatic carbocycles. The van der Waals surface area contributed by atoms with E-state index in [0.717, 1.165) is 12.0 Å². The third kappa shape index (κ3) is 2.75. The van der Waals surface area contributed by atoms with Crippen LogP contribution >= 0.6 is 0 Å². The highest BCUT2D eigenvalue weighted by Crippen LogP contribution is 2.44. The van der Waals surface area contributed by atoms with Crippen LogP contribution in [0.4, 0.5) is 0 Å². The SMILES string of the molecule is CNC1CCC(CC2CCC3(CCCCC3)O2)C1.